The summed E-state index contributed by atoms with van der Waals surface area (Å²) in [6.45, 7) is 0. The van der Waals surface area contributed by atoms with Gasteiger partial charge >= 0.3 is 6.18 Å². The lowest BCUT2D eigenvalue weighted by atomic mass is 9.95. The van der Waals surface area contributed by atoms with Crippen LogP contribution in [-0.2, 0) is 15.8 Å². The number of phenols is 1. The van der Waals surface area contributed by atoms with Crippen LogP contribution in [0.5, 0.6) is 11.5 Å². The number of hydrogen-bond donors (Lipinski definition) is 2. The van der Waals surface area contributed by atoms with Crippen LogP contribution in [0.15, 0.2) is 72.3 Å². The molecule has 1 amide bonds. The Morgan fingerprint density at radius 1 is 1.00 bits per heavy atom. The summed E-state index contributed by atoms with van der Waals surface area (Å²) in [5.74, 6) is -2.45. The normalized spacial score (nSPS) is 17.6. The zero-order chi connectivity index (χ0) is 25.5. The van der Waals surface area contributed by atoms with Gasteiger partial charge in [-0.3, -0.25) is 14.5 Å². The molecule has 35 heavy (non-hydrogen) atoms. The van der Waals surface area contributed by atoms with E-state index in [0.29, 0.717) is 11.3 Å². The van der Waals surface area contributed by atoms with Crippen molar-refractivity contribution in [2.24, 2.45) is 0 Å². The third-order valence-corrected chi connectivity index (χ3v) is 5.88. The zero-order valence-electron chi connectivity index (χ0n) is 18.0. The molecule has 1 aliphatic heterocycles. The van der Waals surface area contributed by atoms with Crippen LogP contribution in [0.4, 0.5) is 18.9 Å². The summed E-state index contributed by atoms with van der Waals surface area (Å²) in [5.41, 5.74) is -0.894. The number of aromatic hydroxyl groups is 1. The molecule has 0 spiro atoms. The van der Waals surface area contributed by atoms with Gasteiger partial charge < -0.3 is 14.9 Å². The maximum atomic E-state index is 13.1. The largest absolute Gasteiger partial charge is 0.508 e. The SMILES string of the molecule is COc1ccc(Cl)c(/C(O)=C2\C(=O)C(=O)N(c3ccc(C(F)(F)F)cc3)C2c2ccc(O)cc2)c1. The lowest BCUT2D eigenvalue weighted by Crippen LogP contribution is -2.29. The number of nitrogens with zero attached hydrogens (tertiary/aromatic N) is 1. The predicted octanol–water partition coefficient (Wildman–Crippen LogP) is 5.70. The number of phenolic OH excluding ortho intramolecular Hbond substituents is 1. The number of anilines is 1. The first-order chi connectivity index (χ1) is 16.5. The number of carbonyl (C=O) groups is 2. The van der Waals surface area contributed by atoms with Crippen molar-refractivity contribution in [3.63, 3.8) is 0 Å². The van der Waals surface area contributed by atoms with Gasteiger partial charge in [-0.1, -0.05) is 23.7 Å². The van der Waals surface area contributed by atoms with Crippen molar-refractivity contribution in [1.29, 1.82) is 0 Å². The van der Waals surface area contributed by atoms with Gasteiger partial charge in [-0.05, 0) is 60.2 Å². The van der Waals surface area contributed by atoms with Crippen LogP contribution in [0.25, 0.3) is 5.76 Å². The van der Waals surface area contributed by atoms with Crippen molar-refractivity contribution in [3.05, 3.63) is 94.0 Å². The Bertz CT molecular complexity index is 1330. The van der Waals surface area contributed by atoms with E-state index >= 15 is 0 Å². The molecule has 2 N–H and O–H groups in total. The molecular weight excluding hydrogens is 487 g/mol. The van der Waals surface area contributed by atoms with Gasteiger partial charge in [0, 0.05) is 11.3 Å². The number of ether oxygens (including phenoxy) is 1. The number of amides is 1. The number of Topliss-reactive ketones (excluding diaryl/α,β-unsaturated/α-hetero) is 1. The number of rotatable bonds is 4. The number of alkyl halides is 3. The van der Waals surface area contributed by atoms with E-state index in [4.69, 9.17) is 16.3 Å². The molecule has 0 saturated carbocycles. The molecule has 4 rings (SSSR count). The minimum Gasteiger partial charge on any atom is -0.508 e. The number of aliphatic hydroxyl groups is 1. The monoisotopic (exact) mass is 503 g/mol. The lowest BCUT2D eigenvalue weighted by molar-refractivity contribution is -0.137. The second-order valence-electron chi connectivity index (χ2n) is 7.65. The topological polar surface area (TPSA) is 87.1 Å². The van der Waals surface area contributed by atoms with Gasteiger partial charge in [-0.15, -0.1) is 0 Å². The first-order valence-corrected chi connectivity index (χ1v) is 10.5. The number of benzene rings is 3. The van der Waals surface area contributed by atoms with Gasteiger partial charge in [0.25, 0.3) is 11.7 Å². The summed E-state index contributed by atoms with van der Waals surface area (Å²) < 4.78 is 44.3. The highest BCUT2D eigenvalue weighted by Crippen LogP contribution is 2.44. The van der Waals surface area contributed by atoms with Gasteiger partial charge in [-0.2, -0.15) is 13.2 Å². The average Bonchev–Trinajstić information content (AvgIpc) is 3.09. The minimum absolute atomic E-state index is 0.00830. The Morgan fingerprint density at radius 3 is 2.20 bits per heavy atom. The molecule has 0 aliphatic carbocycles. The van der Waals surface area contributed by atoms with Crippen molar-refractivity contribution in [2.45, 2.75) is 12.2 Å². The molecule has 0 radical (unpaired) electrons. The van der Waals surface area contributed by atoms with Crippen LogP contribution in [0, 0.1) is 0 Å². The first-order valence-electron chi connectivity index (χ1n) is 10.1. The highest BCUT2D eigenvalue weighted by molar-refractivity contribution is 6.52. The lowest BCUT2D eigenvalue weighted by Gasteiger charge is -2.26. The molecule has 1 atom stereocenters. The molecule has 180 valence electrons. The fourth-order valence-electron chi connectivity index (χ4n) is 3.84. The number of hydrogen-bond acceptors (Lipinski definition) is 5. The van der Waals surface area contributed by atoms with E-state index in [2.05, 4.69) is 0 Å². The maximum Gasteiger partial charge on any atom is 0.416 e. The Hall–Kier alpha value is -3.98. The molecule has 1 aliphatic rings. The highest BCUT2D eigenvalue weighted by atomic mass is 35.5. The van der Waals surface area contributed by atoms with Crippen LogP contribution in [-0.4, -0.2) is 29.0 Å². The first kappa shape index (κ1) is 24.2. The van der Waals surface area contributed by atoms with Crippen molar-refractivity contribution in [3.8, 4) is 11.5 Å². The minimum atomic E-state index is -4.59. The summed E-state index contributed by atoms with van der Waals surface area (Å²) >= 11 is 6.24. The number of aliphatic hydroxyl groups excluding tert-OH is 1. The molecule has 3 aromatic carbocycles. The van der Waals surface area contributed by atoms with Crippen LogP contribution < -0.4 is 9.64 Å². The molecule has 1 saturated heterocycles. The van der Waals surface area contributed by atoms with E-state index in [1.807, 2.05) is 0 Å². The second kappa shape index (κ2) is 8.99. The van der Waals surface area contributed by atoms with Crippen LogP contribution >= 0.6 is 11.6 Å². The third-order valence-electron chi connectivity index (χ3n) is 5.55. The van der Waals surface area contributed by atoms with E-state index < -0.39 is 35.2 Å². The number of carbonyl (C=O) groups excluding carboxylic acids is 2. The fraction of sp³-hybridized carbons (Fsp3) is 0.120. The number of halogens is 4. The molecule has 0 bridgehead atoms. The summed E-state index contributed by atoms with van der Waals surface area (Å²) in [6.07, 6.45) is -4.59. The molecule has 10 heteroatoms. The Morgan fingerprint density at radius 2 is 1.63 bits per heavy atom. The van der Waals surface area contributed by atoms with Gasteiger partial charge in [0.05, 0.1) is 29.3 Å². The van der Waals surface area contributed by atoms with Crippen molar-refractivity contribution in [1.82, 2.24) is 0 Å². The summed E-state index contributed by atoms with van der Waals surface area (Å²) in [7, 11) is 1.40. The number of methoxy groups -OCH3 is 1. The molecule has 1 unspecified atom stereocenters. The van der Waals surface area contributed by atoms with Crippen molar-refractivity contribution < 1.29 is 37.7 Å². The van der Waals surface area contributed by atoms with Gasteiger partial charge in [0.15, 0.2) is 0 Å². The van der Waals surface area contributed by atoms with Gasteiger partial charge in [0.2, 0.25) is 0 Å². The molecule has 1 heterocycles. The predicted molar refractivity (Wildman–Crippen MR) is 122 cm³/mol. The summed E-state index contributed by atoms with van der Waals surface area (Å²) in [4.78, 5) is 27.2. The summed E-state index contributed by atoms with van der Waals surface area (Å²) in [5, 5.41) is 20.9. The van der Waals surface area contributed by atoms with Gasteiger partial charge in [-0.25, -0.2) is 0 Å². The molecule has 0 aromatic heterocycles. The van der Waals surface area contributed by atoms with E-state index in [-0.39, 0.29) is 27.6 Å². The van der Waals surface area contributed by atoms with Crippen molar-refractivity contribution in [2.75, 3.05) is 12.0 Å². The molecule has 3 aromatic rings. The third kappa shape index (κ3) is 4.42. The van der Waals surface area contributed by atoms with Crippen molar-refractivity contribution >= 4 is 34.7 Å². The smallest absolute Gasteiger partial charge is 0.416 e. The van der Waals surface area contributed by atoms with Gasteiger partial charge in [0.1, 0.15) is 17.3 Å². The van der Waals surface area contributed by atoms with E-state index in [9.17, 15) is 33.0 Å². The fourth-order valence-corrected chi connectivity index (χ4v) is 4.05. The zero-order valence-corrected chi connectivity index (χ0v) is 18.8. The second-order valence-corrected chi connectivity index (χ2v) is 8.06. The van der Waals surface area contributed by atoms with E-state index in [1.165, 1.54) is 49.6 Å². The Kier molecular flexibility index (Phi) is 6.21. The Balaban J connectivity index is 1.93. The molecule has 6 nitrogen and oxygen atoms in total. The summed E-state index contributed by atoms with van der Waals surface area (Å²) in [6, 6.07) is 12.4. The van der Waals surface area contributed by atoms with Crippen LogP contribution in [0.3, 0.4) is 0 Å². The van der Waals surface area contributed by atoms with E-state index in [0.717, 1.165) is 29.2 Å². The quantitative estimate of drug-likeness (QED) is 0.271. The maximum absolute atomic E-state index is 13.1. The van der Waals surface area contributed by atoms with Crippen LogP contribution in [0.2, 0.25) is 5.02 Å². The standard InChI is InChI=1S/C25H17ClF3NO5/c1-35-17-10-11-19(26)18(12-17)22(32)20-21(13-2-8-16(31)9-3-13)30(24(34)23(20)33)15-6-4-14(5-7-15)25(27,28)29/h2-12,21,31-32H,1H3/b22-20+. The molecule has 1 fully saturated rings. The average molecular weight is 504 g/mol. The van der Waals surface area contributed by atoms with E-state index in [1.54, 1.807) is 0 Å². The van der Waals surface area contributed by atoms with Crippen LogP contribution in [0.1, 0.15) is 22.7 Å². The highest BCUT2D eigenvalue weighted by Gasteiger charge is 2.47. The number of ketones is 1. The Labute approximate surface area is 202 Å². The molecular formula is C25H17ClF3NO5.